The van der Waals surface area contributed by atoms with E-state index in [4.69, 9.17) is 16.3 Å². The minimum absolute atomic E-state index is 0.000118. The van der Waals surface area contributed by atoms with Crippen molar-refractivity contribution in [1.82, 2.24) is 14.9 Å². The van der Waals surface area contributed by atoms with Gasteiger partial charge in [0.1, 0.15) is 16.8 Å². The second kappa shape index (κ2) is 8.55. The molecular weight excluding hydrogens is 467 g/mol. The van der Waals surface area contributed by atoms with Crippen LogP contribution in [0, 0.1) is 6.92 Å². The van der Waals surface area contributed by atoms with Crippen LogP contribution >= 0.6 is 23.4 Å². The van der Waals surface area contributed by atoms with E-state index < -0.39 is 28.9 Å². The van der Waals surface area contributed by atoms with Gasteiger partial charge >= 0.3 is 6.18 Å². The van der Waals surface area contributed by atoms with Gasteiger partial charge in [-0.05, 0) is 42.8 Å². The number of hydrogen-bond acceptors (Lipinski definition) is 6. The summed E-state index contributed by atoms with van der Waals surface area (Å²) in [6.07, 6.45) is -4.56. The molecule has 4 rings (SSSR count). The lowest BCUT2D eigenvalue weighted by Crippen LogP contribution is -2.41. The number of fused-ring (bicyclic) bond motifs is 1. The third kappa shape index (κ3) is 4.35. The van der Waals surface area contributed by atoms with Crippen LogP contribution in [0.25, 0.3) is 0 Å². The van der Waals surface area contributed by atoms with Crippen molar-refractivity contribution in [2.24, 2.45) is 0 Å². The molecule has 0 fully saturated rings. The van der Waals surface area contributed by atoms with Crippen molar-refractivity contribution in [3.05, 3.63) is 64.4 Å². The first-order valence-corrected chi connectivity index (χ1v) is 10.6. The van der Waals surface area contributed by atoms with E-state index in [0.29, 0.717) is 16.7 Å². The second-order valence-electron chi connectivity index (χ2n) is 6.97. The number of aromatic nitrogens is 3. The summed E-state index contributed by atoms with van der Waals surface area (Å²) in [6, 6.07) is 9.38. The molecule has 168 valence electrons. The van der Waals surface area contributed by atoms with Gasteiger partial charge in [0.2, 0.25) is 11.1 Å². The summed E-state index contributed by atoms with van der Waals surface area (Å²) in [5.41, 5.74) is 2.96. The number of thioether (sulfide) groups is 1. The Kier molecular flexibility index (Phi) is 5.95. The number of halogens is 4. The molecule has 3 aromatic rings. The van der Waals surface area contributed by atoms with Crippen molar-refractivity contribution in [1.29, 1.82) is 0 Å². The number of carbonyl (C=O) groups excluding carboxylic acids is 1. The fourth-order valence-corrected chi connectivity index (χ4v) is 4.51. The lowest BCUT2D eigenvalue weighted by molar-refractivity contribution is -0.137. The van der Waals surface area contributed by atoms with E-state index in [1.807, 2.05) is 0 Å². The number of nitrogens with one attached hydrogen (secondary N) is 2. The molecule has 0 radical (unpaired) electrons. The van der Waals surface area contributed by atoms with Crippen LogP contribution in [-0.2, 0) is 11.0 Å². The number of nitrogens with zero attached hydrogens (tertiary/aromatic N) is 3. The molecule has 12 heteroatoms. The Morgan fingerprint density at radius 2 is 1.94 bits per heavy atom. The van der Waals surface area contributed by atoms with E-state index in [1.165, 1.54) is 0 Å². The first kappa shape index (κ1) is 22.3. The standard InChI is InChI=1S/C20H17ClF3N5O2S/c1-10-26-27-19-29(10)28-16(11-3-6-13(31-2)7-4-11)17(32-19)18(30)25-15-9-12(20(22,23)24)5-8-14(15)21/h3-9,16-17,28H,1-2H3,(H,25,30)/t16-,17-/m0/s1. The Hall–Kier alpha value is -2.92. The lowest BCUT2D eigenvalue weighted by atomic mass is 10.0. The van der Waals surface area contributed by atoms with Crippen LogP contribution in [0.5, 0.6) is 5.75 Å². The van der Waals surface area contributed by atoms with Crippen molar-refractivity contribution >= 4 is 35.0 Å². The molecule has 7 nitrogen and oxygen atoms in total. The summed E-state index contributed by atoms with van der Waals surface area (Å²) < 4.78 is 46.2. The normalized spacial score (nSPS) is 17.9. The fraction of sp³-hybridized carbons (Fsp3) is 0.250. The molecule has 2 atom stereocenters. The number of rotatable bonds is 4. The molecule has 1 amide bonds. The Morgan fingerprint density at radius 3 is 2.59 bits per heavy atom. The molecule has 2 N–H and O–H groups in total. The van der Waals surface area contributed by atoms with Gasteiger partial charge < -0.3 is 15.5 Å². The fourth-order valence-electron chi connectivity index (χ4n) is 3.22. The average molecular weight is 484 g/mol. The SMILES string of the molecule is COc1ccc([C@@H]2Nn3c(C)nnc3S[C@@H]2C(=O)Nc2cc(C(F)(F)F)ccc2Cl)cc1. The maximum atomic E-state index is 13.2. The largest absolute Gasteiger partial charge is 0.497 e. The zero-order chi connectivity index (χ0) is 23.0. The molecular formula is C20H17ClF3N5O2S. The van der Waals surface area contributed by atoms with E-state index >= 15 is 0 Å². The average Bonchev–Trinajstić information content (AvgIpc) is 3.13. The monoisotopic (exact) mass is 483 g/mol. The molecule has 0 aliphatic carbocycles. The highest BCUT2D eigenvalue weighted by Gasteiger charge is 2.38. The Balaban J connectivity index is 1.67. The van der Waals surface area contributed by atoms with Crippen LogP contribution in [-0.4, -0.2) is 33.1 Å². The van der Waals surface area contributed by atoms with Gasteiger partial charge in [0.15, 0.2) is 0 Å². The number of aryl methyl sites for hydroxylation is 1. The molecule has 0 bridgehead atoms. The first-order valence-electron chi connectivity index (χ1n) is 9.34. The quantitative estimate of drug-likeness (QED) is 0.561. The number of methoxy groups -OCH3 is 1. The topological polar surface area (TPSA) is 81.1 Å². The highest BCUT2D eigenvalue weighted by molar-refractivity contribution is 8.00. The number of anilines is 1. The molecule has 1 aliphatic heterocycles. The number of carbonyl (C=O) groups is 1. The minimum atomic E-state index is -4.56. The summed E-state index contributed by atoms with van der Waals surface area (Å²) >= 11 is 7.21. The highest BCUT2D eigenvalue weighted by atomic mass is 35.5. The predicted molar refractivity (Wildman–Crippen MR) is 115 cm³/mol. The van der Waals surface area contributed by atoms with Crippen LogP contribution in [0.4, 0.5) is 18.9 Å². The van der Waals surface area contributed by atoms with Crippen LogP contribution in [0.3, 0.4) is 0 Å². The molecule has 0 saturated carbocycles. The van der Waals surface area contributed by atoms with Crippen molar-refractivity contribution in [2.45, 2.75) is 29.5 Å². The van der Waals surface area contributed by atoms with Crippen LogP contribution in [0.2, 0.25) is 5.02 Å². The third-order valence-electron chi connectivity index (χ3n) is 4.88. The van der Waals surface area contributed by atoms with E-state index in [2.05, 4.69) is 20.9 Å². The predicted octanol–water partition coefficient (Wildman–Crippen LogP) is 4.67. The van der Waals surface area contributed by atoms with Gasteiger partial charge in [-0.15, -0.1) is 10.2 Å². The Morgan fingerprint density at radius 1 is 1.22 bits per heavy atom. The molecule has 2 heterocycles. The van der Waals surface area contributed by atoms with Crippen molar-refractivity contribution < 1.29 is 22.7 Å². The van der Waals surface area contributed by atoms with Crippen LogP contribution < -0.4 is 15.5 Å². The minimum Gasteiger partial charge on any atom is -0.497 e. The number of amides is 1. The number of ether oxygens (including phenoxy) is 1. The van der Waals surface area contributed by atoms with Gasteiger partial charge in [-0.1, -0.05) is 35.5 Å². The number of alkyl halides is 3. The second-order valence-corrected chi connectivity index (χ2v) is 8.48. The van der Waals surface area contributed by atoms with Gasteiger partial charge in [-0.2, -0.15) is 13.2 Å². The van der Waals surface area contributed by atoms with Crippen molar-refractivity contribution in [3.8, 4) is 5.75 Å². The van der Waals surface area contributed by atoms with Crippen molar-refractivity contribution in [3.63, 3.8) is 0 Å². The number of benzene rings is 2. The van der Waals surface area contributed by atoms with Gasteiger partial charge in [-0.3, -0.25) is 4.79 Å². The van der Waals surface area contributed by atoms with Crippen LogP contribution in [0.1, 0.15) is 23.0 Å². The first-order chi connectivity index (χ1) is 15.2. The Labute approximate surface area is 190 Å². The zero-order valence-corrected chi connectivity index (χ0v) is 18.3. The molecule has 1 aliphatic rings. The lowest BCUT2D eigenvalue weighted by Gasteiger charge is -2.32. The highest BCUT2D eigenvalue weighted by Crippen LogP contribution is 2.39. The van der Waals surface area contributed by atoms with Gasteiger partial charge in [0.25, 0.3) is 0 Å². The maximum Gasteiger partial charge on any atom is 0.416 e. The zero-order valence-electron chi connectivity index (χ0n) is 16.8. The molecule has 32 heavy (non-hydrogen) atoms. The van der Waals surface area contributed by atoms with Crippen LogP contribution in [0.15, 0.2) is 47.6 Å². The summed E-state index contributed by atoms with van der Waals surface area (Å²) in [6.45, 7) is 1.76. The Bertz CT molecular complexity index is 1150. The summed E-state index contributed by atoms with van der Waals surface area (Å²) in [4.78, 5) is 13.2. The van der Waals surface area contributed by atoms with Crippen molar-refractivity contribution in [2.75, 3.05) is 17.9 Å². The number of hydrogen-bond donors (Lipinski definition) is 2. The summed E-state index contributed by atoms with van der Waals surface area (Å²) in [5, 5.41) is 10.3. The van der Waals surface area contributed by atoms with Gasteiger partial charge in [-0.25, -0.2) is 4.68 Å². The third-order valence-corrected chi connectivity index (χ3v) is 6.43. The maximum absolute atomic E-state index is 13.2. The van der Waals surface area contributed by atoms with E-state index in [-0.39, 0.29) is 10.7 Å². The molecule has 0 saturated heterocycles. The summed E-state index contributed by atoms with van der Waals surface area (Å²) in [7, 11) is 1.55. The van der Waals surface area contributed by atoms with E-state index in [0.717, 1.165) is 35.5 Å². The van der Waals surface area contributed by atoms with E-state index in [9.17, 15) is 18.0 Å². The van der Waals surface area contributed by atoms with Gasteiger partial charge in [0, 0.05) is 0 Å². The molecule has 2 aromatic carbocycles. The van der Waals surface area contributed by atoms with Gasteiger partial charge in [0.05, 0.1) is 29.4 Å². The molecule has 0 spiro atoms. The smallest absolute Gasteiger partial charge is 0.416 e. The van der Waals surface area contributed by atoms with E-state index in [1.54, 1.807) is 43.0 Å². The summed E-state index contributed by atoms with van der Waals surface area (Å²) in [5.74, 6) is 0.720. The molecule has 0 unspecified atom stereocenters. The molecule has 1 aromatic heterocycles.